The maximum Gasteiger partial charge on any atom is 0.191 e. The van der Waals surface area contributed by atoms with Crippen molar-refractivity contribution in [3.63, 3.8) is 0 Å². The third kappa shape index (κ3) is 5.53. The second-order valence-corrected chi connectivity index (χ2v) is 5.01. The number of methoxy groups -OCH3 is 1. The van der Waals surface area contributed by atoms with Crippen molar-refractivity contribution in [1.29, 1.82) is 0 Å². The summed E-state index contributed by atoms with van der Waals surface area (Å²) in [6.45, 7) is 4.30. The van der Waals surface area contributed by atoms with Crippen LogP contribution in [0.15, 0.2) is 28.1 Å². The summed E-state index contributed by atoms with van der Waals surface area (Å²) >= 11 is 1.77. The highest BCUT2D eigenvalue weighted by atomic mass is 32.2. The first kappa shape index (κ1) is 15.9. The summed E-state index contributed by atoms with van der Waals surface area (Å²) in [5, 5.41) is 6.51. The molecule has 0 saturated carbocycles. The quantitative estimate of drug-likeness (QED) is 0.362. The van der Waals surface area contributed by atoms with Gasteiger partial charge in [0.15, 0.2) is 5.96 Å². The summed E-state index contributed by atoms with van der Waals surface area (Å²) in [5.41, 5.74) is 2.57. The average molecular weight is 281 g/mol. The largest absolute Gasteiger partial charge is 0.383 e. The van der Waals surface area contributed by atoms with Crippen molar-refractivity contribution in [3.05, 3.63) is 29.3 Å². The lowest BCUT2D eigenvalue weighted by atomic mass is 10.1. The van der Waals surface area contributed by atoms with Crippen molar-refractivity contribution in [3.8, 4) is 0 Å². The summed E-state index contributed by atoms with van der Waals surface area (Å²) in [4.78, 5) is 5.49. The molecule has 0 spiro atoms. The van der Waals surface area contributed by atoms with E-state index in [0.29, 0.717) is 6.61 Å². The molecule has 0 radical (unpaired) electrons. The summed E-state index contributed by atoms with van der Waals surface area (Å²) in [7, 11) is 3.46. The van der Waals surface area contributed by atoms with Gasteiger partial charge >= 0.3 is 0 Å². The maximum atomic E-state index is 5.00. The van der Waals surface area contributed by atoms with Crippen molar-refractivity contribution in [1.82, 2.24) is 10.6 Å². The molecule has 0 fully saturated rings. The summed E-state index contributed by atoms with van der Waals surface area (Å²) in [6, 6.07) is 6.51. The van der Waals surface area contributed by atoms with Crippen LogP contribution < -0.4 is 10.6 Å². The number of aliphatic imine (C=N–C) groups is 1. The van der Waals surface area contributed by atoms with Gasteiger partial charge in [0.2, 0.25) is 0 Å². The number of nitrogens with zero attached hydrogens (tertiary/aromatic N) is 1. The number of benzene rings is 1. The topological polar surface area (TPSA) is 45.7 Å². The zero-order valence-corrected chi connectivity index (χ0v) is 12.9. The Hall–Kier alpha value is -1.20. The van der Waals surface area contributed by atoms with Crippen molar-refractivity contribution in [2.75, 3.05) is 33.6 Å². The van der Waals surface area contributed by atoms with Gasteiger partial charge in [0.25, 0.3) is 0 Å². The lowest BCUT2D eigenvalue weighted by molar-refractivity contribution is 0.203. The zero-order chi connectivity index (χ0) is 14.1. The van der Waals surface area contributed by atoms with E-state index in [0.717, 1.165) is 19.0 Å². The van der Waals surface area contributed by atoms with E-state index in [4.69, 9.17) is 4.74 Å². The highest BCUT2D eigenvalue weighted by Crippen LogP contribution is 2.21. The van der Waals surface area contributed by atoms with Gasteiger partial charge < -0.3 is 15.4 Å². The highest BCUT2D eigenvalue weighted by Gasteiger charge is 2.03. The number of rotatable bonds is 6. The SMILES string of the molecule is CN=C(NCCOC)NCc1ccc(C)cc1SC. The normalized spacial score (nSPS) is 11.5. The summed E-state index contributed by atoms with van der Waals surface area (Å²) < 4.78 is 5.00. The minimum absolute atomic E-state index is 0.668. The fraction of sp³-hybridized carbons (Fsp3) is 0.500. The number of ether oxygens (including phenoxy) is 1. The third-order valence-electron chi connectivity index (χ3n) is 2.71. The van der Waals surface area contributed by atoms with Crippen molar-refractivity contribution in [2.24, 2.45) is 4.99 Å². The summed E-state index contributed by atoms with van der Waals surface area (Å²) in [6.07, 6.45) is 2.10. The van der Waals surface area contributed by atoms with Crippen molar-refractivity contribution in [2.45, 2.75) is 18.4 Å². The van der Waals surface area contributed by atoms with E-state index in [-0.39, 0.29) is 0 Å². The lowest BCUT2D eigenvalue weighted by Gasteiger charge is -2.13. The zero-order valence-electron chi connectivity index (χ0n) is 12.1. The van der Waals surface area contributed by atoms with Gasteiger partial charge in [-0.1, -0.05) is 12.1 Å². The first-order chi connectivity index (χ1) is 9.21. The molecule has 0 atom stereocenters. The molecule has 0 saturated heterocycles. The minimum atomic E-state index is 0.668. The van der Waals surface area contributed by atoms with E-state index in [2.05, 4.69) is 47.0 Å². The van der Waals surface area contributed by atoms with E-state index in [1.807, 2.05) is 0 Å². The van der Waals surface area contributed by atoms with E-state index in [9.17, 15) is 0 Å². The highest BCUT2D eigenvalue weighted by molar-refractivity contribution is 7.98. The first-order valence-electron chi connectivity index (χ1n) is 6.28. The Kier molecular flexibility index (Phi) is 7.36. The molecule has 0 aliphatic heterocycles. The molecule has 4 nitrogen and oxygen atoms in total. The molecule has 106 valence electrons. The third-order valence-corrected chi connectivity index (χ3v) is 3.53. The van der Waals surface area contributed by atoms with Crippen molar-refractivity contribution < 1.29 is 4.74 Å². The van der Waals surface area contributed by atoms with Crippen LogP contribution in [0.25, 0.3) is 0 Å². The van der Waals surface area contributed by atoms with Gasteiger partial charge in [0, 0.05) is 32.1 Å². The molecule has 0 unspecified atom stereocenters. The number of aryl methyl sites for hydroxylation is 1. The van der Waals surface area contributed by atoms with E-state index < -0.39 is 0 Å². The molecule has 1 aromatic rings. The Bertz CT molecular complexity index is 421. The van der Waals surface area contributed by atoms with Crippen LogP contribution in [0, 0.1) is 6.92 Å². The number of hydrogen-bond donors (Lipinski definition) is 2. The molecule has 0 heterocycles. The minimum Gasteiger partial charge on any atom is -0.383 e. The van der Waals surface area contributed by atoms with Crippen LogP contribution in [-0.4, -0.2) is 39.5 Å². The lowest BCUT2D eigenvalue weighted by Crippen LogP contribution is -2.38. The van der Waals surface area contributed by atoms with Crippen LogP contribution in [-0.2, 0) is 11.3 Å². The molecule has 0 amide bonds. The van der Waals surface area contributed by atoms with Crippen LogP contribution in [0.5, 0.6) is 0 Å². The van der Waals surface area contributed by atoms with Gasteiger partial charge in [0.05, 0.1) is 6.61 Å². The molecule has 2 N–H and O–H groups in total. The summed E-state index contributed by atoms with van der Waals surface area (Å²) in [5.74, 6) is 0.796. The molecular weight excluding hydrogens is 258 g/mol. The first-order valence-corrected chi connectivity index (χ1v) is 7.50. The van der Waals surface area contributed by atoms with E-state index >= 15 is 0 Å². The monoisotopic (exact) mass is 281 g/mol. The Morgan fingerprint density at radius 3 is 2.79 bits per heavy atom. The molecule has 5 heteroatoms. The molecule has 0 aromatic heterocycles. The number of hydrogen-bond acceptors (Lipinski definition) is 3. The van der Waals surface area contributed by atoms with E-state index in [1.165, 1.54) is 16.0 Å². The number of guanidine groups is 1. The molecule has 0 aliphatic rings. The van der Waals surface area contributed by atoms with Crippen molar-refractivity contribution >= 4 is 17.7 Å². The van der Waals surface area contributed by atoms with Gasteiger partial charge in [-0.15, -0.1) is 11.8 Å². The molecule has 0 bridgehead atoms. The molecule has 0 aliphatic carbocycles. The Balaban J connectivity index is 2.55. The second-order valence-electron chi connectivity index (χ2n) is 4.16. The predicted octanol–water partition coefficient (Wildman–Crippen LogP) is 2.03. The molecular formula is C14H23N3OS. The van der Waals surface area contributed by atoms with Gasteiger partial charge in [-0.05, 0) is 30.4 Å². The number of nitrogens with one attached hydrogen (secondary N) is 2. The predicted molar refractivity (Wildman–Crippen MR) is 83.0 cm³/mol. The molecule has 1 aromatic carbocycles. The van der Waals surface area contributed by atoms with Crippen LogP contribution in [0.3, 0.4) is 0 Å². The second kappa shape index (κ2) is 8.82. The fourth-order valence-corrected chi connectivity index (χ4v) is 2.38. The smallest absolute Gasteiger partial charge is 0.191 e. The van der Waals surface area contributed by atoms with Gasteiger partial charge in [-0.2, -0.15) is 0 Å². The van der Waals surface area contributed by atoms with Gasteiger partial charge in [-0.3, -0.25) is 4.99 Å². The van der Waals surface area contributed by atoms with Crippen LogP contribution in [0.2, 0.25) is 0 Å². The molecule has 1 rings (SSSR count). The Morgan fingerprint density at radius 1 is 1.37 bits per heavy atom. The number of thioether (sulfide) groups is 1. The van der Waals surface area contributed by atoms with Crippen LogP contribution >= 0.6 is 11.8 Å². The van der Waals surface area contributed by atoms with Crippen LogP contribution in [0.1, 0.15) is 11.1 Å². The molecule has 19 heavy (non-hydrogen) atoms. The fourth-order valence-electron chi connectivity index (χ4n) is 1.67. The Labute approximate surface area is 120 Å². The van der Waals surface area contributed by atoms with Gasteiger partial charge in [0.1, 0.15) is 0 Å². The standard InChI is InChI=1S/C14H23N3OS/c1-11-5-6-12(13(9-11)19-4)10-17-14(15-2)16-7-8-18-3/h5-6,9H,7-8,10H2,1-4H3,(H2,15,16,17). The van der Waals surface area contributed by atoms with Gasteiger partial charge in [-0.25, -0.2) is 0 Å². The van der Waals surface area contributed by atoms with E-state index in [1.54, 1.807) is 25.9 Å². The average Bonchev–Trinajstić information content (AvgIpc) is 2.43. The van der Waals surface area contributed by atoms with Crippen LogP contribution in [0.4, 0.5) is 0 Å². The maximum absolute atomic E-state index is 5.00. The Morgan fingerprint density at radius 2 is 2.16 bits per heavy atom.